The van der Waals surface area contributed by atoms with Crippen molar-refractivity contribution in [3.8, 4) is 0 Å². The molecule has 2 aromatic rings. The van der Waals surface area contributed by atoms with E-state index in [1.165, 1.54) is 24.3 Å². The van der Waals surface area contributed by atoms with Gasteiger partial charge in [-0.25, -0.2) is 26.3 Å². The van der Waals surface area contributed by atoms with Crippen molar-refractivity contribution in [2.75, 3.05) is 0 Å². The molecule has 2 aromatic carbocycles. The average molecular weight is 396 g/mol. The van der Waals surface area contributed by atoms with Gasteiger partial charge in [-0.05, 0) is 24.3 Å². The monoisotopic (exact) mass is 396 g/mol. The Morgan fingerprint density at radius 1 is 0.615 bits per heavy atom. The van der Waals surface area contributed by atoms with E-state index in [1.807, 2.05) is 16.2 Å². The molecule has 0 radical (unpaired) electrons. The van der Waals surface area contributed by atoms with E-state index in [0.717, 1.165) is 0 Å². The molecule has 0 unspecified atom stereocenters. The Labute approximate surface area is 149 Å². The van der Waals surface area contributed by atoms with Crippen LogP contribution in [0.15, 0.2) is 58.3 Å². The molecule has 0 fully saturated rings. The Morgan fingerprint density at radius 2 is 0.923 bits per heavy atom. The molecule has 0 aliphatic carbocycles. The van der Waals surface area contributed by atoms with Gasteiger partial charge in [0.1, 0.15) is 16.6 Å². The van der Waals surface area contributed by atoms with Crippen molar-refractivity contribution in [3.63, 3.8) is 0 Å². The van der Waals surface area contributed by atoms with Crippen LogP contribution >= 0.6 is 0 Å². The minimum atomic E-state index is -3.55. The number of hydrogen-bond acceptors (Lipinski definition) is 7. The van der Waals surface area contributed by atoms with Crippen molar-refractivity contribution in [1.29, 1.82) is 0 Å². The Balaban J connectivity index is 0.000000171. The summed E-state index contributed by atoms with van der Waals surface area (Å²) in [5.74, 6) is -1.10. The first-order chi connectivity index (χ1) is 12.2. The second-order valence-electron chi connectivity index (χ2n) is 4.86. The summed E-state index contributed by atoms with van der Waals surface area (Å²) >= 11 is 0. The number of hydrogen-bond donors (Lipinski definition) is 2. The van der Waals surface area contributed by atoms with Gasteiger partial charge in [-0.15, -0.1) is 0 Å². The Morgan fingerprint density at radius 3 is 1.23 bits per heavy atom. The number of benzene rings is 2. The number of amides is 2. The Hall–Kier alpha value is -3.05. The molecule has 0 aromatic heterocycles. The molecular formula is C15H12N2O7S2. The zero-order valence-corrected chi connectivity index (χ0v) is 14.6. The molecule has 26 heavy (non-hydrogen) atoms. The van der Waals surface area contributed by atoms with Gasteiger partial charge in [0.15, 0.2) is 0 Å². The summed E-state index contributed by atoms with van der Waals surface area (Å²) < 4.78 is 48.3. The normalized spacial score (nSPS) is 17.2. The van der Waals surface area contributed by atoms with Gasteiger partial charge in [-0.2, -0.15) is 0 Å². The highest BCUT2D eigenvalue weighted by Crippen LogP contribution is 2.21. The molecule has 9 nitrogen and oxygen atoms in total. The number of nitrogens with one attached hydrogen (secondary N) is 2. The molecule has 2 aliphatic rings. The highest BCUT2D eigenvalue weighted by Gasteiger charge is 2.32. The zero-order chi connectivity index (χ0) is 19.5. The maximum Gasteiger partial charge on any atom is 0.266 e. The van der Waals surface area contributed by atoms with E-state index in [0.29, 0.717) is 0 Å². The molecule has 2 heterocycles. The van der Waals surface area contributed by atoms with Gasteiger partial charge >= 0.3 is 0 Å². The molecule has 4 rings (SSSR count). The van der Waals surface area contributed by atoms with Crippen LogP contribution in [-0.2, 0) is 24.8 Å². The van der Waals surface area contributed by atoms with Crippen LogP contribution in [0.3, 0.4) is 0 Å². The topological polar surface area (TPSA) is 144 Å². The Kier molecular flexibility index (Phi) is 5.23. The SMILES string of the molecule is C=O.O=C1NS(=O)(=O)c2ccccc21.O=C1NS(=O)(=O)c2ccccc21. The van der Waals surface area contributed by atoms with Crippen LogP contribution in [0, 0.1) is 0 Å². The zero-order valence-electron chi connectivity index (χ0n) is 13.0. The van der Waals surface area contributed by atoms with E-state index in [1.54, 1.807) is 24.3 Å². The summed E-state index contributed by atoms with van der Waals surface area (Å²) in [6, 6.07) is 12.2. The van der Waals surface area contributed by atoms with Crippen LogP contribution in [-0.4, -0.2) is 35.4 Å². The maximum atomic E-state index is 11.1. The lowest BCUT2D eigenvalue weighted by molar-refractivity contribution is -0.0980. The first kappa shape index (κ1) is 19.3. The van der Waals surface area contributed by atoms with Crippen LogP contribution in [0.4, 0.5) is 0 Å². The van der Waals surface area contributed by atoms with E-state index in [4.69, 9.17) is 4.79 Å². The lowest BCUT2D eigenvalue weighted by Gasteiger charge is -1.91. The maximum absolute atomic E-state index is 11.1. The van der Waals surface area contributed by atoms with Crippen LogP contribution in [0.1, 0.15) is 20.7 Å². The predicted octanol–water partition coefficient (Wildman–Crippen LogP) is 0.0525. The minimum absolute atomic E-state index is 0.0648. The second-order valence-corrected chi connectivity index (χ2v) is 8.16. The summed E-state index contributed by atoms with van der Waals surface area (Å²) in [7, 11) is -7.11. The summed E-state index contributed by atoms with van der Waals surface area (Å²) in [6.07, 6.45) is 0. The number of carbonyl (C=O) groups excluding carboxylic acids is 3. The summed E-state index contributed by atoms with van der Waals surface area (Å²) in [5, 5.41) is 0. The summed E-state index contributed by atoms with van der Waals surface area (Å²) in [5.41, 5.74) is 0.440. The molecule has 2 N–H and O–H groups in total. The third kappa shape index (κ3) is 3.48. The fourth-order valence-electron chi connectivity index (χ4n) is 2.24. The molecule has 0 spiro atoms. The van der Waals surface area contributed by atoms with Gasteiger partial charge in [0.25, 0.3) is 31.9 Å². The third-order valence-corrected chi connectivity index (χ3v) is 6.07. The van der Waals surface area contributed by atoms with Crippen molar-refractivity contribution in [2.24, 2.45) is 0 Å². The van der Waals surface area contributed by atoms with Crippen molar-refractivity contribution in [3.05, 3.63) is 59.7 Å². The summed E-state index contributed by atoms with van der Waals surface area (Å²) in [4.78, 5) is 30.1. The molecule has 0 saturated heterocycles. The molecular weight excluding hydrogens is 384 g/mol. The van der Waals surface area contributed by atoms with Crippen molar-refractivity contribution in [1.82, 2.24) is 9.44 Å². The molecule has 0 saturated carbocycles. The largest absolute Gasteiger partial charge is 0.307 e. The smallest absolute Gasteiger partial charge is 0.266 e. The standard InChI is InChI=1S/2C7H5NO3S.CH2O/c2*9-7-5-3-1-2-4-6(5)12(10,11)8-7;1-2/h2*1-4H,(H,8,9);1H2. The van der Waals surface area contributed by atoms with Gasteiger partial charge in [0.05, 0.1) is 11.1 Å². The molecule has 136 valence electrons. The third-order valence-electron chi connectivity index (χ3n) is 3.30. The number of rotatable bonds is 0. The fourth-order valence-corrected chi connectivity index (χ4v) is 4.59. The van der Waals surface area contributed by atoms with E-state index in [-0.39, 0.29) is 20.9 Å². The molecule has 11 heteroatoms. The lowest BCUT2D eigenvalue weighted by Crippen LogP contribution is -2.20. The van der Waals surface area contributed by atoms with Crippen LogP contribution in [0.5, 0.6) is 0 Å². The highest BCUT2D eigenvalue weighted by atomic mass is 32.2. The first-order valence-electron chi connectivity index (χ1n) is 6.83. The van der Waals surface area contributed by atoms with Gasteiger partial charge < -0.3 is 4.79 Å². The van der Waals surface area contributed by atoms with Crippen molar-refractivity contribution in [2.45, 2.75) is 9.79 Å². The lowest BCUT2D eigenvalue weighted by atomic mass is 10.2. The fraction of sp³-hybridized carbons (Fsp3) is 0. The van der Waals surface area contributed by atoms with Crippen molar-refractivity contribution < 1.29 is 31.2 Å². The predicted molar refractivity (Wildman–Crippen MR) is 89.3 cm³/mol. The first-order valence-corrected chi connectivity index (χ1v) is 9.80. The van der Waals surface area contributed by atoms with Gasteiger partial charge in [-0.3, -0.25) is 9.59 Å². The average Bonchev–Trinajstić information content (AvgIpc) is 3.00. The van der Waals surface area contributed by atoms with Crippen molar-refractivity contribution >= 4 is 38.7 Å². The molecule has 2 amide bonds. The minimum Gasteiger partial charge on any atom is -0.307 e. The van der Waals surface area contributed by atoms with Crippen LogP contribution < -0.4 is 9.44 Å². The van der Waals surface area contributed by atoms with E-state index in [9.17, 15) is 26.4 Å². The van der Waals surface area contributed by atoms with E-state index >= 15 is 0 Å². The summed E-state index contributed by atoms with van der Waals surface area (Å²) in [6.45, 7) is 2.00. The number of carbonyl (C=O) groups is 3. The Bertz CT molecular complexity index is 1000. The molecule has 2 aliphatic heterocycles. The molecule has 0 bridgehead atoms. The number of fused-ring (bicyclic) bond motifs is 2. The van der Waals surface area contributed by atoms with Gasteiger partial charge in [0, 0.05) is 0 Å². The molecule has 0 atom stereocenters. The van der Waals surface area contributed by atoms with E-state index < -0.39 is 31.9 Å². The number of sulfonamides is 2. The quantitative estimate of drug-likeness (QED) is 0.640. The highest BCUT2D eigenvalue weighted by molar-refractivity contribution is 7.91. The second kappa shape index (κ2) is 7.06. The van der Waals surface area contributed by atoms with E-state index in [2.05, 4.69) is 0 Å². The van der Waals surface area contributed by atoms with Crippen LogP contribution in [0.2, 0.25) is 0 Å². The van der Waals surface area contributed by atoms with Gasteiger partial charge in [-0.1, -0.05) is 24.3 Å². The van der Waals surface area contributed by atoms with Gasteiger partial charge in [0.2, 0.25) is 0 Å². The van der Waals surface area contributed by atoms with Crippen LogP contribution in [0.25, 0.3) is 0 Å².